The smallest absolute Gasteiger partial charge is 0.251 e. The van der Waals surface area contributed by atoms with Crippen molar-refractivity contribution >= 4 is 15.9 Å². The predicted molar refractivity (Wildman–Crippen MR) is 130 cm³/mol. The number of rotatable bonds is 7. The van der Waals surface area contributed by atoms with E-state index in [1.54, 1.807) is 16.1 Å². The van der Waals surface area contributed by atoms with Gasteiger partial charge >= 0.3 is 0 Å². The Bertz CT molecular complexity index is 909. The van der Waals surface area contributed by atoms with Gasteiger partial charge in [-0.25, -0.2) is 12.7 Å². The third-order valence-corrected chi connectivity index (χ3v) is 10.2. The van der Waals surface area contributed by atoms with E-state index in [1.807, 2.05) is 32.9 Å². The molecule has 2 heterocycles. The Morgan fingerprint density at radius 1 is 1.03 bits per heavy atom. The summed E-state index contributed by atoms with van der Waals surface area (Å²) in [7, 11) is -3.19. The third-order valence-electron chi connectivity index (χ3n) is 7.72. The lowest BCUT2D eigenvalue weighted by atomic mass is 9.79. The number of carbonyl (C=O) groups excluding carboxylic acids is 1. The summed E-state index contributed by atoms with van der Waals surface area (Å²) < 4.78 is 26.9. The number of hydrogen-bond donors (Lipinski definition) is 2. The first-order chi connectivity index (χ1) is 15.5. The van der Waals surface area contributed by atoms with E-state index < -0.39 is 16.1 Å². The highest BCUT2D eigenvalue weighted by atomic mass is 32.2. The van der Waals surface area contributed by atoms with Crippen LogP contribution in [0.5, 0.6) is 5.75 Å². The van der Waals surface area contributed by atoms with Crippen LogP contribution in [-0.2, 0) is 21.2 Å². The number of phenolic OH excluding ortho intramolecular Hbond substituents is 1. The number of amides is 1. The van der Waals surface area contributed by atoms with E-state index in [0.717, 1.165) is 42.4 Å². The zero-order valence-electron chi connectivity index (χ0n) is 20.5. The number of benzene rings is 1. The van der Waals surface area contributed by atoms with Gasteiger partial charge in [-0.3, -0.25) is 4.79 Å². The van der Waals surface area contributed by atoms with Crippen molar-refractivity contribution < 1.29 is 23.4 Å². The van der Waals surface area contributed by atoms with Gasteiger partial charge in [-0.2, -0.15) is 0 Å². The van der Waals surface area contributed by atoms with Crippen molar-refractivity contribution in [3.8, 4) is 5.75 Å². The van der Waals surface area contributed by atoms with Crippen molar-refractivity contribution in [2.45, 2.75) is 77.6 Å². The average Bonchev–Trinajstić information content (AvgIpc) is 2.81. The van der Waals surface area contributed by atoms with Gasteiger partial charge in [0.05, 0.1) is 5.25 Å². The molecule has 1 aromatic carbocycles. The number of carbonyl (C=O) groups is 1. The normalized spacial score (nSPS) is 21.2. The van der Waals surface area contributed by atoms with Crippen molar-refractivity contribution in [2.75, 3.05) is 26.2 Å². The number of phenols is 1. The van der Waals surface area contributed by atoms with E-state index in [2.05, 4.69) is 0 Å². The number of likely N-dealkylation sites (tertiary alicyclic amines) is 1. The maximum atomic E-state index is 12.8. The summed E-state index contributed by atoms with van der Waals surface area (Å²) in [5.41, 5.74) is 2.33. The fourth-order valence-corrected chi connectivity index (χ4v) is 6.99. The molecule has 186 valence electrons. The summed E-state index contributed by atoms with van der Waals surface area (Å²) in [4.78, 5) is 14.6. The Kier molecular flexibility index (Phi) is 8.45. The SMILES string of the molecule is CCC(C)S(=O)(=O)N1CCC(C2CCN(C(=O)[C@H](O)Cc3cc(C)c(O)c(C)c3)CC2)CC1. The number of aliphatic hydroxyl groups is 1. The van der Waals surface area contributed by atoms with Crippen molar-refractivity contribution in [2.24, 2.45) is 11.8 Å². The minimum atomic E-state index is -3.19. The fraction of sp³-hybridized carbons (Fsp3) is 0.720. The number of piperidine rings is 2. The van der Waals surface area contributed by atoms with Crippen molar-refractivity contribution in [1.82, 2.24) is 9.21 Å². The summed E-state index contributed by atoms with van der Waals surface area (Å²) >= 11 is 0. The summed E-state index contributed by atoms with van der Waals surface area (Å²) in [5, 5.41) is 20.1. The van der Waals surface area contributed by atoms with Crippen molar-refractivity contribution in [1.29, 1.82) is 0 Å². The summed E-state index contributed by atoms with van der Waals surface area (Å²) in [6.45, 7) is 9.80. The number of aliphatic hydroxyl groups excluding tert-OH is 1. The standard InChI is InChI=1S/C25H40N2O5S/c1-5-19(4)33(31,32)27-12-8-22(9-13-27)21-6-10-26(11-7-21)25(30)23(28)16-20-14-17(2)24(29)18(3)15-20/h14-15,19,21-23,28-29H,5-13,16H2,1-4H3/t19?,23-/m1/s1. The Morgan fingerprint density at radius 2 is 1.52 bits per heavy atom. The fourth-order valence-electron chi connectivity index (χ4n) is 5.34. The van der Waals surface area contributed by atoms with Crippen LogP contribution in [-0.4, -0.2) is 71.3 Å². The number of aryl methyl sites for hydroxylation is 2. The number of hydrogen-bond acceptors (Lipinski definition) is 5. The maximum Gasteiger partial charge on any atom is 0.251 e. The minimum absolute atomic E-state index is 0.230. The van der Waals surface area contributed by atoms with E-state index in [9.17, 15) is 23.4 Å². The summed E-state index contributed by atoms with van der Waals surface area (Å²) in [5.74, 6) is 1.02. The van der Waals surface area contributed by atoms with Crippen LogP contribution < -0.4 is 0 Å². The molecule has 33 heavy (non-hydrogen) atoms. The van der Waals surface area contributed by atoms with Crippen LogP contribution in [0.25, 0.3) is 0 Å². The lowest BCUT2D eigenvalue weighted by molar-refractivity contribution is -0.141. The van der Waals surface area contributed by atoms with Crippen LogP contribution in [0.4, 0.5) is 0 Å². The van der Waals surface area contributed by atoms with Gasteiger partial charge in [-0.1, -0.05) is 19.1 Å². The molecule has 2 aliphatic heterocycles. The monoisotopic (exact) mass is 480 g/mol. The lowest BCUT2D eigenvalue weighted by Gasteiger charge is -2.40. The molecule has 0 aromatic heterocycles. The molecule has 0 aliphatic carbocycles. The quantitative estimate of drug-likeness (QED) is 0.625. The first-order valence-corrected chi connectivity index (χ1v) is 13.8. The zero-order chi connectivity index (χ0) is 24.3. The van der Waals surface area contributed by atoms with E-state index >= 15 is 0 Å². The van der Waals surface area contributed by atoms with Crippen LogP contribution in [0, 0.1) is 25.7 Å². The second kappa shape index (κ2) is 10.7. The van der Waals surface area contributed by atoms with Crippen LogP contribution in [0.3, 0.4) is 0 Å². The van der Waals surface area contributed by atoms with Gasteiger partial charge in [0.15, 0.2) is 0 Å². The highest BCUT2D eigenvalue weighted by molar-refractivity contribution is 7.89. The van der Waals surface area contributed by atoms with Gasteiger partial charge in [0.25, 0.3) is 5.91 Å². The Morgan fingerprint density at radius 3 is 2.00 bits per heavy atom. The maximum absolute atomic E-state index is 12.8. The number of aromatic hydroxyl groups is 1. The second-order valence-corrected chi connectivity index (χ2v) is 12.3. The first kappa shape index (κ1) is 26.0. The summed E-state index contributed by atoms with van der Waals surface area (Å²) in [6, 6.07) is 3.64. The number of sulfonamides is 1. The predicted octanol–water partition coefficient (Wildman–Crippen LogP) is 2.99. The molecule has 0 radical (unpaired) electrons. The molecule has 2 N–H and O–H groups in total. The molecule has 1 unspecified atom stereocenters. The largest absolute Gasteiger partial charge is 0.507 e. The van der Waals surface area contributed by atoms with Crippen molar-refractivity contribution in [3.05, 3.63) is 28.8 Å². The molecule has 0 saturated carbocycles. The molecule has 2 saturated heterocycles. The van der Waals surface area contributed by atoms with Crippen LogP contribution >= 0.6 is 0 Å². The third kappa shape index (κ3) is 5.89. The van der Waals surface area contributed by atoms with E-state index in [4.69, 9.17) is 0 Å². The molecule has 0 bridgehead atoms. The van der Waals surface area contributed by atoms with Gasteiger partial charge in [0, 0.05) is 32.6 Å². The molecule has 7 nitrogen and oxygen atoms in total. The Balaban J connectivity index is 1.48. The van der Waals surface area contributed by atoms with E-state index in [0.29, 0.717) is 44.4 Å². The molecule has 8 heteroatoms. The first-order valence-electron chi connectivity index (χ1n) is 12.3. The van der Waals surface area contributed by atoms with Gasteiger partial charge in [-0.15, -0.1) is 0 Å². The van der Waals surface area contributed by atoms with Crippen LogP contribution in [0.15, 0.2) is 12.1 Å². The molecular formula is C25H40N2O5S. The Hall–Kier alpha value is -1.64. The molecule has 1 aromatic rings. The van der Waals surface area contributed by atoms with Gasteiger partial charge in [0.2, 0.25) is 10.0 Å². The molecule has 2 atom stereocenters. The van der Waals surface area contributed by atoms with E-state index in [1.165, 1.54) is 0 Å². The van der Waals surface area contributed by atoms with Gasteiger partial charge in [-0.05, 0) is 81.4 Å². The Labute approximate surface area is 198 Å². The van der Waals surface area contributed by atoms with Gasteiger partial charge < -0.3 is 15.1 Å². The molecule has 2 aliphatic rings. The van der Waals surface area contributed by atoms with E-state index in [-0.39, 0.29) is 23.3 Å². The van der Waals surface area contributed by atoms with Crippen LogP contribution in [0.1, 0.15) is 62.6 Å². The molecule has 1 amide bonds. The second-order valence-electron chi connectivity index (χ2n) is 9.96. The van der Waals surface area contributed by atoms with Gasteiger partial charge in [0.1, 0.15) is 11.9 Å². The lowest BCUT2D eigenvalue weighted by Crippen LogP contribution is -2.47. The zero-order valence-corrected chi connectivity index (χ0v) is 21.3. The molecular weight excluding hydrogens is 440 g/mol. The van der Waals surface area contributed by atoms with Crippen molar-refractivity contribution in [3.63, 3.8) is 0 Å². The molecule has 3 rings (SSSR count). The highest BCUT2D eigenvalue weighted by Gasteiger charge is 2.36. The molecule has 0 spiro atoms. The van der Waals surface area contributed by atoms with Crippen LogP contribution in [0.2, 0.25) is 0 Å². The minimum Gasteiger partial charge on any atom is -0.507 e. The summed E-state index contributed by atoms with van der Waals surface area (Å²) in [6.07, 6.45) is 3.36. The average molecular weight is 481 g/mol. The number of nitrogens with zero attached hydrogens (tertiary/aromatic N) is 2. The highest BCUT2D eigenvalue weighted by Crippen LogP contribution is 2.34. The molecule has 2 fully saturated rings. The topological polar surface area (TPSA) is 98.2 Å².